The molecule has 0 aromatic heterocycles. The van der Waals surface area contributed by atoms with Crippen LogP contribution in [0.5, 0.6) is 0 Å². The highest BCUT2D eigenvalue weighted by molar-refractivity contribution is 5.37. The molecule has 122 valence electrons. The maximum Gasteiger partial charge on any atom is 0.0988 e. The summed E-state index contributed by atoms with van der Waals surface area (Å²) in [5.74, 6) is 0.737. The summed E-state index contributed by atoms with van der Waals surface area (Å²) in [6, 6.07) is 0. The Kier molecular flexibility index (Phi) is 3.51. The molecule has 0 aromatic carbocycles. The highest BCUT2D eigenvalue weighted by Gasteiger charge is 2.54. The molecule has 0 amide bonds. The first-order valence-corrected chi connectivity index (χ1v) is 8.54. The molecule has 0 aliphatic heterocycles. The van der Waals surface area contributed by atoms with E-state index in [2.05, 4.69) is 52.5 Å². The first kappa shape index (κ1) is 16.0. The van der Waals surface area contributed by atoms with E-state index in [0.717, 1.165) is 6.42 Å². The fourth-order valence-corrected chi connectivity index (χ4v) is 5.21. The fraction of sp³-hybridized carbons (Fsp3) is 0.700. The van der Waals surface area contributed by atoms with Gasteiger partial charge in [-0.1, -0.05) is 57.6 Å². The molecular weight excluding hydrogens is 272 g/mol. The summed E-state index contributed by atoms with van der Waals surface area (Å²) in [6.07, 6.45) is 10.7. The Hall–Kier alpha value is -0.860. The van der Waals surface area contributed by atoms with Gasteiger partial charge in [-0.15, -0.1) is 6.58 Å². The summed E-state index contributed by atoms with van der Waals surface area (Å²) >= 11 is 0. The lowest BCUT2D eigenvalue weighted by Crippen LogP contribution is -2.53. The molecule has 2 heteroatoms. The molecule has 0 saturated heterocycles. The first-order chi connectivity index (χ1) is 10.1. The third kappa shape index (κ3) is 2.07. The topological polar surface area (TPSA) is 40.5 Å². The van der Waals surface area contributed by atoms with Crippen molar-refractivity contribution in [3.8, 4) is 0 Å². The van der Waals surface area contributed by atoms with E-state index in [1.165, 1.54) is 18.4 Å². The highest BCUT2D eigenvalue weighted by Crippen LogP contribution is 2.61. The van der Waals surface area contributed by atoms with Gasteiger partial charge in [-0.05, 0) is 36.0 Å². The predicted molar refractivity (Wildman–Crippen MR) is 90.3 cm³/mol. The number of aliphatic hydroxyl groups excluding tert-OH is 2. The van der Waals surface area contributed by atoms with Crippen molar-refractivity contribution in [2.45, 2.75) is 59.2 Å². The molecule has 3 rings (SSSR count). The third-order valence-electron chi connectivity index (χ3n) is 6.88. The van der Waals surface area contributed by atoms with Crippen LogP contribution in [0, 0.1) is 28.1 Å². The third-order valence-corrected chi connectivity index (χ3v) is 6.88. The molecule has 2 nitrogen and oxygen atoms in total. The lowest BCUT2D eigenvalue weighted by molar-refractivity contribution is -0.0642. The largest absolute Gasteiger partial charge is 0.389 e. The Morgan fingerprint density at radius 3 is 2.50 bits per heavy atom. The van der Waals surface area contributed by atoms with Crippen LogP contribution in [0.15, 0.2) is 36.5 Å². The minimum Gasteiger partial charge on any atom is -0.389 e. The van der Waals surface area contributed by atoms with E-state index >= 15 is 0 Å². The van der Waals surface area contributed by atoms with Crippen molar-refractivity contribution >= 4 is 0 Å². The van der Waals surface area contributed by atoms with E-state index in [0.29, 0.717) is 5.92 Å². The molecule has 0 bridgehead atoms. The minimum atomic E-state index is -0.762. The van der Waals surface area contributed by atoms with E-state index in [4.69, 9.17) is 0 Å². The molecule has 1 fully saturated rings. The Balaban J connectivity index is 2.09. The maximum absolute atomic E-state index is 10.4. The fourth-order valence-electron chi connectivity index (χ4n) is 5.21. The van der Waals surface area contributed by atoms with Gasteiger partial charge in [0, 0.05) is 11.3 Å². The molecule has 0 spiro atoms. The molecule has 1 saturated carbocycles. The van der Waals surface area contributed by atoms with E-state index in [1.54, 1.807) is 0 Å². The second kappa shape index (κ2) is 4.82. The maximum atomic E-state index is 10.4. The standard InChI is InChI=1S/C20H30O2/c1-6-19(4)10-9-13-7-8-14-15(20(13,5)12-19)11-16(21)17(22)18(14,2)3/h6-8,11,13-14,16-17,21-22H,1,9-10,12H2,2-5H3. The van der Waals surface area contributed by atoms with Gasteiger partial charge in [0.15, 0.2) is 0 Å². The normalized spacial score (nSPS) is 49.8. The first-order valence-electron chi connectivity index (χ1n) is 8.54. The summed E-state index contributed by atoms with van der Waals surface area (Å²) in [5.41, 5.74) is 1.21. The lowest BCUT2D eigenvalue weighted by atomic mass is 9.48. The van der Waals surface area contributed by atoms with Crippen LogP contribution in [-0.4, -0.2) is 22.4 Å². The Bertz CT molecular complexity index is 544. The molecule has 0 radical (unpaired) electrons. The zero-order valence-corrected chi connectivity index (χ0v) is 14.3. The van der Waals surface area contributed by atoms with Crippen LogP contribution < -0.4 is 0 Å². The van der Waals surface area contributed by atoms with E-state index in [-0.39, 0.29) is 22.2 Å². The van der Waals surface area contributed by atoms with Crippen LogP contribution in [0.3, 0.4) is 0 Å². The summed E-state index contributed by atoms with van der Waals surface area (Å²) in [7, 11) is 0. The van der Waals surface area contributed by atoms with Gasteiger partial charge in [0.25, 0.3) is 0 Å². The molecule has 0 heterocycles. The van der Waals surface area contributed by atoms with Gasteiger partial charge in [-0.3, -0.25) is 0 Å². The summed E-state index contributed by atoms with van der Waals surface area (Å²) in [6.45, 7) is 12.8. The molecular formula is C20H30O2. The van der Waals surface area contributed by atoms with Gasteiger partial charge < -0.3 is 10.2 Å². The summed E-state index contributed by atoms with van der Waals surface area (Å²) < 4.78 is 0. The zero-order valence-electron chi connectivity index (χ0n) is 14.3. The minimum absolute atomic E-state index is 0.0546. The Labute approximate surface area is 134 Å². The van der Waals surface area contributed by atoms with Gasteiger partial charge in [-0.2, -0.15) is 0 Å². The predicted octanol–water partition coefficient (Wildman–Crippen LogP) is 3.86. The Morgan fingerprint density at radius 1 is 1.18 bits per heavy atom. The number of rotatable bonds is 1. The molecule has 6 atom stereocenters. The molecule has 22 heavy (non-hydrogen) atoms. The quantitative estimate of drug-likeness (QED) is 0.722. The zero-order chi connectivity index (χ0) is 16.3. The molecule has 2 N–H and O–H groups in total. The summed E-state index contributed by atoms with van der Waals surface area (Å²) in [4.78, 5) is 0. The van der Waals surface area contributed by atoms with Gasteiger partial charge in [0.2, 0.25) is 0 Å². The molecule has 3 aliphatic rings. The molecule has 0 aromatic rings. The van der Waals surface area contributed by atoms with Gasteiger partial charge in [-0.25, -0.2) is 0 Å². The smallest absolute Gasteiger partial charge is 0.0988 e. The number of aliphatic hydroxyl groups is 2. The van der Waals surface area contributed by atoms with Gasteiger partial charge in [0.05, 0.1) is 12.2 Å². The van der Waals surface area contributed by atoms with Crippen molar-refractivity contribution in [3.05, 3.63) is 36.5 Å². The number of fused-ring (bicyclic) bond motifs is 3. The number of hydrogen-bond donors (Lipinski definition) is 2. The monoisotopic (exact) mass is 302 g/mol. The van der Waals surface area contributed by atoms with Crippen molar-refractivity contribution in [3.63, 3.8) is 0 Å². The number of hydrogen-bond acceptors (Lipinski definition) is 2. The van der Waals surface area contributed by atoms with Gasteiger partial charge >= 0.3 is 0 Å². The summed E-state index contributed by atoms with van der Waals surface area (Å²) in [5, 5.41) is 20.8. The Morgan fingerprint density at radius 2 is 1.86 bits per heavy atom. The average molecular weight is 302 g/mol. The van der Waals surface area contributed by atoms with Crippen LogP contribution in [0.2, 0.25) is 0 Å². The van der Waals surface area contributed by atoms with Crippen molar-refractivity contribution in [1.29, 1.82) is 0 Å². The van der Waals surface area contributed by atoms with E-state index in [1.807, 2.05) is 6.08 Å². The second-order valence-corrected chi connectivity index (χ2v) is 8.84. The number of allylic oxidation sites excluding steroid dienone is 4. The van der Waals surface area contributed by atoms with Crippen molar-refractivity contribution in [2.24, 2.45) is 28.1 Å². The lowest BCUT2D eigenvalue weighted by Gasteiger charge is -2.57. The van der Waals surface area contributed by atoms with E-state index in [9.17, 15) is 10.2 Å². The van der Waals surface area contributed by atoms with Crippen LogP contribution >= 0.6 is 0 Å². The van der Waals surface area contributed by atoms with Crippen LogP contribution in [0.25, 0.3) is 0 Å². The van der Waals surface area contributed by atoms with Crippen LogP contribution in [0.1, 0.15) is 47.0 Å². The van der Waals surface area contributed by atoms with E-state index < -0.39 is 12.2 Å². The van der Waals surface area contributed by atoms with Crippen LogP contribution in [0.4, 0.5) is 0 Å². The van der Waals surface area contributed by atoms with Gasteiger partial charge in [0.1, 0.15) is 0 Å². The van der Waals surface area contributed by atoms with Crippen molar-refractivity contribution < 1.29 is 10.2 Å². The van der Waals surface area contributed by atoms with Crippen LogP contribution in [-0.2, 0) is 0 Å². The molecule has 6 unspecified atom stereocenters. The highest BCUT2D eigenvalue weighted by atomic mass is 16.3. The SMILES string of the molecule is C=CC1(C)CCC2C=CC3C(=CC(O)C(O)C3(C)C)C2(C)C1. The molecule has 3 aliphatic carbocycles. The average Bonchev–Trinajstić information content (AvgIpc) is 2.45. The van der Waals surface area contributed by atoms with Crippen molar-refractivity contribution in [1.82, 2.24) is 0 Å². The second-order valence-electron chi connectivity index (χ2n) is 8.84. The van der Waals surface area contributed by atoms with Crippen molar-refractivity contribution in [2.75, 3.05) is 0 Å².